The minimum atomic E-state index is 0.00543. The van der Waals surface area contributed by atoms with E-state index in [9.17, 15) is 4.79 Å². The van der Waals surface area contributed by atoms with E-state index in [-0.39, 0.29) is 5.78 Å². The summed E-state index contributed by atoms with van der Waals surface area (Å²) in [6.07, 6.45) is 1.74. The summed E-state index contributed by atoms with van der Waals surface area (Å²) >= 11 is 0. The van der Waals surface area contributed by atoms with Crippen LogP contribution in [-0.2, 0) is 0 Å². The van der Waals surface area contributed by atoms with Gasteiger partial charge in [0.2, 0.25) is 0 Å². The van der Waals surface area contributed by atoms with Crippen molar-refractivity contribution in [3.8, 4) is 22.4 Å². The summed E-state index contributed by atoms with van der Waals surface area (Å²) in [5, 5.41) is 0. The number of ketones is 1. The summed E-state index contributed by atoms with van der Waals surface area (Å²) in [4.78, 5) is 17.4. The smallest absolute Gasteiger partial charge is 0.193 e. The average molecular weight is 335 g/mol. The van der Waals surface area contributed by atoms with Crippen LogP contribution < -0.4 is 0 Å². The number of rotatable bonds is 4. The highest BCUT2D eigenvalue weighted by Crippen LogP contribution is 2.25. The lowest BCUT2D eigenvalue weighted by atomic mass is 9.95. The molecule has 0 spiro atoms. The molecule has 0 bridgehead atoms. The molecule has 0 aliphatic carbocycles. The van der Waals surface area contributed by atoms with E-state index < -0.39 is 0 Å². The van der Waals surface area contributed by atoms with Crippen molar-refractivity contribution >= 4 is 5.78 Å². The second-order valence-electron chi connectivity index (χ2n) is 6.03. The van der Waals surface area contributed by atoms with Gasteiger partial charge >= 0.3 is 0 Å². The van der Waals surface area contributed by atoms with Crippen molar-refractivity contribution in [2.75, 3.05) is 0 Å². The molecule has 124 valence electrons. The van der Waals surface area contributed by atoms with Gasteiger partial charge in [0.15, 0.2) is 5.78 Å². The third-order valence-electron chi connectivity index (χ3n) is 4.37. The summed E-state index contributed by atoms with van der Waals surface area (Å²) in [7, 11) is 0. The van der Waals surface area contributed by atoms with Crippen LogP contribution in [0, 0.1) is 0 Å². The maximum atomic E-state index is 13.1. The molecule has 0 unspecified atom stereocenters. The van der Waals surface area contributed by atoms with Crippen molar-refractivity contribution in [2.24, 2.45) is 0 Å². The minimum absolute atomic E-state index is 0.00543. The summed E-state index contributed by atoms with van der Waals surface area (Å²) < 4.78 is 0. The zero-order chi connectivity index (χ0) is 17.8. The molecule has 0 fully saturated rings. The number of pyridine rings is 1. The maximum Gasteiger partial charge on any atom is 0.193 e. The van der Waals surface area contributed by atoms with Crippen LogP contribution in [0.5, 0.6) is 0 Å². The van der Waals surface area contributed by atoms with Gasteiger partial charge in [-0.25, -0.2) is 0 Å². The van der Waals surface area contributed by atoms with Crippen molar-refractivity contribution in [3.05, 3.63) is 114 Å². The Kier molecular flexibility index (Phi) is 4.40. The zero-order valence-corrected chi connectivity index (χ0v) is 14.2. The Labute approximate surface area is 152 Å². The molecule has 4 aromatic rings. The first-order chi connectivity index (χ1) is 12.8. The number of hydrogen-bond acceptors (Lipinski definition) is 2. The van der Waals surface area contributed by atoms with Gasteiger partial charge in [0, 0.05) is 22.9 Å². The molecular weight excluding hydrogens is 318 g/mol. The molecule has 2 heteroatoms. The molecule has 0 aliphatic rings. The van der Waals surface area contributed by atoms with E-state index in [0.717, 1.165) is 22.4 Å². The summed E-state index contributed by atoms with van der Waals surface area (Å²) in [6.45, 7) is 0. The first-order valence-electron chi connectivity index (χ1n) is 8.53. The van der Waals surface area contributed by atoms with Crippen molar-refractivity contribution in [1.29, 1.82) is 0 Å². The van der Waals surface area contributed by atoms with Gasteiger partial charge in [-0.05, 0) is 23.3 Å². The van der Waals surface area contributed by atoms with Crippen molar-refractivity contribution < 1.29 is 4.79 Å². The second kappa shape index (κ2) is 7.16. The standard InChI is InChI=1S/C24H17NO/c26-24(20-15-13-19(14-16-20)18-8-2-1-3-9-18)22-11-5-4-10-21(22)23-12-6-7-17-25-23/h1-17H. The number of aromatic nitrogens is 1. The fourth-order valence-corrected chi connectivity index (χ4v) is 3.03. The number of carbonyl (C=O) groups excluding carboxylic acids is 1. The van der Waals surface area contributed by atoms with Gasteiger partial charge in [0.25, 0.3) is 0 Å². The first kappa shape index (κ1) is 16.0. The van der Waals surface area contributed by atoms with Gasteiger partial charge in [-0.3, -0.25) is 9.78 Å². The van der Waals surface area contributed by atoms with Crippen LogP contribution >= 0.6 is 0 Å². The predicted molar refractivity (Wildman–Crippen MR) is 105 cm³/mol. The molecule has 0 amide bonds. The minimum Gasteiger partial charge on any atom is -0.289 e. The molecule has 0 N–H and O–H groups in total. The number of hydrogen-bond donors (Lipinski definition) is 0. The van der Waals surface area contributed by atoms with E-state index >= 15 is 0 Å². The fourth-order valence-electron chi connectivity index (χ4n) is 3.03. The van der Waals surface area contributed by atoms with E-state index in [0.29, 0.717) is 11.1 Å². The van der Waals surface area contributed by atoms with Crippen LogP contribution in [-0.4, -0.2) is 10.8 Å². The molecule has 0 saturated carbocycles. The van der Waals surface area contributed by atoms with E-state index in [4.69, 9.17) is 0 Å². The van der Waals surface area contributed by atoms with Crippen LogP contribution in [0.25, 0.3) is 22.4 Å². The second-order valence-corrected chi connectivity index (χ2v) is 6.03. The van der Waals surface area contributed by atoms with E-state index in [2.05, 4.69) is 17.1 Å². The average Bonchev–Trinajstić information content (AvgIpc) is 2.75. The Bertz CT molecular complexity index is 1020. The molecule has 3 aromatic carbocycles. The lowest BCUT2D eigenvalue weighted by Gasteiger charge is -2.09. The highest BCUT2D eigenvalue weighted by atomic mass is 16.1. The quantitative estimate of drug-likeness (QED) is 0.451. The van der Waals surface area contributed by atoms with E-state index in [1.807, 2.05) is 84.9 Å². The molecular formula is C24H17NO. The molecule has 1 heterocycles. The molecule has 2 nitrogen and oxygen atoms in total. The van der Waals surface area contributed by atoms with Gasteiger partial charge in [-0.2, -0.15) is 0 Å². The molecule has 0 saturated heterocycles. The molecule has 4 rings (SSSR count). The molecule has 0 radical (unpaired) electrons. The number of nitrogens with zero attached hydrogens (tertiary/aromatic N) is 1. The molecule has 0 aliphatic heterocycles. The maximum absolute atomic E-state index is 13.1. The normalized spacial score (nSPS) is 10.5. The lowest BCUT2D eigenvalue weighted by molar-refractivity contribution is 0.103. The number of carbonyl (C=O) groups is 1. The van der Waals surface area contributed by atoms with Gasteiger partial charge in [-0.1, -0.05) is 84.9 Å². The molecule has 0 atom stereocenters. The van der Waals surface area contributed by atoms with Crippen LogP contribution in [0.1, 0.15) is 15.9 Å². The van der Waals surface area contributed by atoms with Crippen molar-refractivity contribution in [3.63, 3.8) is 0 Å². The Morgan fingerprint density at radius 2 is 1.27 bits per heavy atom. The molecule has 26 heavy (non-hydrogen) atoms. The van der Waals surface area contributed by atoms with Crippen LogP contribution in [0.4, 0.5) is 0 Å². The monoisotopic (exact) mass is 335 g/mol. The lowest BCUT2D eigenvalue weighted by Crippen LogP contribution is -2.04. The third kappa shape index (κ3) is 3.17. The first-order valence-corrected chi connectivity index (χ1v) is 8.53. The summed E-state index contributed by atoms with van der Waals surface area (Å²) in [6, 6.07) is 31.2. The topological polar surface area (TPSA) is 30.0 Å². The highest BCUT2D eigenvalue weighted by Gasteiger charge is 2.15. The summed E-state index contributed by atoms with van der Waals surface area (Å²) in [5.41, 5.74) is 5.23. The van der Waals surface area contributed by atoms with Gasteiger partial charge in [0.1, 0.15) is 0 Å². The largest absolute Gasteiger partial charge is 0.289 e. The summed E-state index contributed by atoms with van der Waals surface area (Å²) in [5.74, 6) is 0.00543. The predicted octanol–water partition coefficient (Wildman–Crippen LogP) is 5.65. The van der Waals surface area contributed by atoms with Crippen molar-refractivity contribution in [2.45, 2.75) is 0 Å². The SMILES string of the molecule is O=C(c1ccc(-c2ccccc2)cc1)c1ccccc1-c1ccccn1. The van der Waals surface area contributed by atoms with Crippen LogP contribution in [0.3, 0.4) is 0 Å². The van der Waals surface area contributed by atoms with Gasteiger partial charge < -0.3 is 0 Å². The van der Waals surface area contributed by atoms with Gasteiger partial charge in [-0.15, -0.1) is 0 Å². The molecule has 1 aromatic heterocycles. The Morgan fingerprint density at radius 3 is 2.00 bits per heavy atom. The Balaban J connectivity index is 1.69. The highest BCUT2D eigenvalue weighted by molar-refractivity contribution is 6.12. The van der Waals surface area contributed by atoms with Crippen molar-refractivity contribution in [1.82, 2.24) is 4.98 Å². The van der Waals surface area contributed by atoms with Gasteiger partial charge in [0.05, 0.1) is 5.69 Å². The third-order valence-corrected chi connectivity index (χ3v) is 4.37. The Morgan fingerprint density at radius 1 is 0.615 bits per heavy atom. The van der Waals surface area contributed by atoms with Crippen LogP contribution in [0.2, 0.25) is 0 Å². The van der Waals surface area contributed by atoms with E-state index in [1.54, 1.807) is 6.20 Å². The van der Waals surface area contributed by atoms with E-state index in [1.165, 1.54) is 0 Å². The fraction of sp³-hybridized carbons (Fsp3) is 0. The number of benzene rings is 3. The van der Waals surface area contributed by atoms with Crippen LogP contribution in [0.15, 0.2) is 103 Å². The Hall–Kier alpha value is -3.52. The zero-order valence-electron chi connectivity index (χ0n) is 14.2.